The number of carbonyl (C=O) groups is 1. The van der Waals surface area contributed by atoms with Crippen molar-refractivity contribution in [2.24, 2.45) is 23.7 Å². The lowest BCUT2D eigenvalue weighted by Crippen LogP contribution is -2.48. The summed E-state index contributed by atoms with van der Waals surface area (Å²) in [6.07, 6.45) is 3.68. The van der Waals surface area contributed by atoms with Crippen LogP contribution in [0.25, 0.3) is 0 Å². The molecule has 4 atom stereocenters. The molecule has 3 heteroatoms. The molecule has 1 saturated carbocycles. The second kappa shape index (κ2) is 6.93. The van der Waals surface area contributed by atoms with E-state index >= 15 is 0 Å². The Hall–Kier alpha value is -0.0500. The summed E-state index contributed by atoms with van der Waals surface area (Å²) in [6.45, 7) is 11.0. The number of hydrogen-bond acceptors (Lipinski definition) is 1. The van der Waals surface area contributed by atoms with Crippen molar-refractivity contribution < 1.29 is 4.79 Å². The second-order valence-corrected chi connectivity index (χ2v) is 7.57. The molecular formula is C15H28BrNO. The van der Waals surface area contributed by atoms with Crippen molar-refractivity contribution in [3.63, 3.8) is 0 Å². The molecule has 0 aliphatic heterocycles. The molecule has 0 saturated heterocycles. The summed E-state index contributed by atoms with van der Waals surface area (Å²) in [7, 11) is 0. The molecule has 2 nitrogen and oxygen atoms in total. The van der Waals surface area contributed by atoms with E-state index in [0.29, 0.717) is 23.8 Å². The van der Waals surface area contributed by atoms with Crippen LogP contribution in [-0.4, -0.2) is 16.8 Å². The molecule has 1 N–H and O–H groups in total. The maximum Gasteiger partial charge on any atom is 0.234 e. The molecule has 0 aromatic carbocycles. The number of hydrogen-bond donors (Lipinski definition) is 1. The summed E-state index contributed by atoms with van der Waals surface area (Å²) in [4.78, 5) is 12.1. The predicted octanol–water partition coefficient (Wildman–Crippen LogP) is 3.98. The van der Waals surface area contributed by atoms with Crippen LogP contribution in [0.3, 0.4) is 0 Å². The van der Waals surface area contributed by atoms with Gasteiger partial charge in [-0.15, -0.1) is 0 Å². The van der Waals surface area contributed by atoms with Gasteiger partial charge in [-0.3, -0.25) is 4.79 Å². The van der Waals surface area contributed by atoms with E-state index in [2.05, 4.69) is 55.9 Å². The molecule has 18 heavy (non-hydrogen) atoms. The molecule has 106 valence electrons. The van der Waals surface area contributed by atoms with Crippen LogP contribution >= 0.6 is 15.9 Å². The third kappa shape index (κ3) is 4.25. The molecule has 0 heterocycles. The van der Waals surface area contributed by atoms with E-state index in [1.54, 1.807) is 0 Å². The van der Waals surface area contributed by atoms with Crippen molar-refractivity contribution in [2.45, 2.75) is 64.8 Å². The Morgan fingerprint density at radius 1 is 1.22 bits per heavy atom. The highest BCUT2D eigenvalue weighted by Crippen LogP contribution is 2.33. The van der Waals surface area contributed by atoms with E-state index in [1.807, 2.05) is 0 Å². The van der Waals surface area contributed by atoms with E-state index in [0.717, 1.165) is 12.3 Å². The van der Waals surface area contributed by atoms with Crippen molar-refractivity contribution in [2.75, 3.05) is 0 Å². The Bertz CT molecular complexity index is 278. The van der Waals surface area contributed by atoms with Crippen molar-refractivity contribution in [1.29, 1.82) is 0 Å². The topological polar surface area (TPSA) is 29.1 Å². The van der Waals surface area contributed by atoms with Crippen LogP contribution in [0.4, 0.5) is 0 Å². The first kappa shape index (κ1) is 16.0. The highest BCUT2D eigenvalue weighted by Gasteiger charge is 2.33. The number of alkyl halides is 1. The smallest absolute Gasteiger partial charge is 0.234 e. The molecule has 1 aliphatic carbocycles. The third-order valence-corrected chi connectivity index (χ3v) is 5.66. The lowest BCUT2D eigenvalue weighted by molar-refractivity contribution is -0.122. The fraction of sp³-hybridized carbons (Fsp3) is 0.933. The summed E-state index contributed by atoms with van der Waals surface area (Å²) in [5.41, 5.74) is 0. The average molecular weight is 318 g/mol. The van der Waals surface area contributed by atoms with Crippen molar-refractivity contribution in [1.82, 2.24) is 5.32 Å². The quantitative estimate of drug-likeness (QED) is 0.781. The largest absolute Gasteiger partial charge is 0.352 e. The van der Waals surface area contributed by atoms with Crippen LogP contribution in [0.15, 0.2) is 0 Å². The molecule has 1 aliphatic rings. The first-order chi connectivity index (χ1) is 8.32. The van der Waals surface area contributed by atoms with Gasteiger partial charge in [-0.05, 0) is 36.5 Å². The number of halogens is 1. The normalized spacial score (nSPS) is 30.6. The van der Waals surface area contributed by atoms with E-state index in [9.17, 15) is 4.79 Å². The van der Waals surface area contributed by atoms with Crippen molar-refractivity contribution >= 4 is 21.8 Å². The lowest BCUT2D eigenvalue weighted by atomic mass is 9.74. The molecule has 0 spiro atoms. The molecule has 1 fully saturated rings. The van der Waals surface area contributed by atoms with Gasteiger partial charge >= 0.3 is 0 Å². The van der Waals surface area contributed by atoms with E-state index in [1.165, 1.54) is 12.8 Å². The van der Waals surface area contributed by atoms with Crippen LogP contribution in [0.1, 0.15) is 53.9 Å². The Morgan fingerprint density at radius 2 is 1.83 bits per heavy atom. The highest BCUT2D eigenvalue weighted by molar-refractivity contribution is 9.10. The molecule has 0 aromatic rings. The van der Waals surface area contributed by atoms with Crippen LogP contribution < -0.4 is 5.32 Å². The van der Waals surface area contributed by atoms with Gasteiger partial charge in [0.1, 0.15) is 0 Å². The minimum atomic E-state index is -0.0671. The summed E-state index contributed by atoms with van der Waals surface area (Å²) >= 11 is 3.49. The minimum absolute atomic E-state index is 0.0671. The molecule has 1 amide bonds. The zero-order valence-corrected chi connectivity index (χ0v) is 14.0. The Morgan fingerprint density at radius 3 is 2.33 bits per heavy atom. The number of amides is 1. The number of carbonyl (C=O) groups excluding carboxylic acids is 1. The van der Waals surface area contributed by atoms with Crippen LogP contribution in [-0.2, 0) is 4.79 Å². The van der Waals surface area contributed by atoms with Crippen molar-refractivity contribution in [3.05, 3.63) is 0 Å². The Balaban J connectivity index is 2.63. The van der Waals surface area contributed by atoms with Gasteiger partial charge in [0, 0.05) is 6.04 Å². The minimum Gasteiger partial charge on any atom is -0.352 e. The summed E-state index contributed by atoms with van der Waals surface area (Å²) in [5, 5.41) is 3.28. The van der Waals surface area contributed by atoms with Gasteiger partial charge in [0.25, 0.3) is 0 Å². The van der Waals surface area contributed by atoms with Gasteiger partial charge in [0.15, 0.2) is 0 Å². The van der Waals surface area contributed by atoms with Crippen LogP contribution in [0.2, 0.25) is 0 Å². The number of nitrogens with one attached hydrogen (secondary N) is 1. The molecule has 0 aromatic heterocycles. The second-order valence-electron chi connectivity index (χ2n) is 6.59. The molecular weight excluding hydrogens is 290 g/mol. The fourth-order valence-corrected chi connectivity index (χ4v) is 3.07. The first-order valence-corrected chi connectivity index (χ1v) is 8.19. The summed E-state index contributed by atoms with van der Waals surface area (Å²) in [5.74, 6) is 2.52. The van der Waals surface area contributed by atoms with Crippen LogP contribution in [0.5, 0.6) is 0 Å². The average Bonchev–Trinajstić information content (AvgIpc) is 2.27. The van der Waals surface area contributed by atoms with Gasteiger partial charge < -0.3 is 5.32 Å². The standard InChI is InChI=1S/C15H28BrNO/c1-9(2)12-7-6-11(5)8-13(12)17-15(18)14(16)10(3)4/h9-14H,6-8H2,1-5H3,(H,17,18). The lowest BCUT2D eigenvalue weighted by Gasteiger charge is -2.38. The predicted molar refractivity (Wildman–Crippen MR) is 80.8 cm³/mol. The van der Waals surface area contributed by atoms with Gasteiger partial charge in [-0.1, -0.05) is 57.0 Å². The third-order valence-electron chi connectivity index (χ3n) is 4.19. The zero-order chi connectivity index (χ0) is 13.9. The molecule has 4 unspecified atom stereocenters. The summed E-state index contributed by atoms with van der Waals surface area (Å²) < 4.78 is 0. The molecule has 0 radical (unpaired) electrons. The molecule has 1 rings (SSSR count). The number of rotatable bonds is 4. The fourth-order valence-electron chi connectivity index (χ4n) is 2.93. The Kier molecular flexibility index (Phi) is 6.16. The molecule has 0 bridgehead atoms. The van der Waals surface area contributed by atoms with Gasteiger partial charge in [0.05, 0.1) is 4.83 Å². The van der Waals surface area contributed by atoms with Gasteiger partial charge in [-0.2, -0.15) is 0 Å². The highest BCUT2D eigenvalue weighted by atomic mass is 79.9. The van der Waals surface area contributed by atoms with Gasteiger partial charge in [0.2, 0.25) is 5.91 Å². The zero-order valence-electron chi connectivity index (χ0n) is 12.4. The van der Waals surface area contributed by atoms with E-state index in [-0.39, 0.29) is 10.7 Å². The van der Waals surface area contributed by atoms with E-state index < -0.39 is 0 Å². The monoisotopic (exact) mass is 317 g/mol. The summed E-state index contributed by atoms with van der Waals surface area (Å²) in [6, 6.07) is 0.361. The maximum atomic E-state index is 12.2. The van der Waals surface area contributed by atoms with Crippen molar-refractivity contribution in [3.8, 4) is 0 Å². The van der Waals surface area contributed by atoms with Gasteiger partial charge in [-0.25, -0.2) is 0 Å². The van der Waals surface area contributed by atoms with E-state index in [4.69, 9.17) is 0 Å². The Labute approximate surface area is 120 Å². The first-order valence-electron chi connectivity index (χ1n) is 7.27. The van der Waals surface area contributed by atoms with Crippen LogP contribution in [0, 0.1) is 23.7 Å². The SMILES string of the molecule is CC1CCC(C(C)C)C(NC(=O)C(Br)C(C)C)C1. The maximum absolute atomic E-state index is 12.2.